The van der Waals surface area contributed by atoms with E-state index in [0.717, 1.165) is 13.1 Å². The Morgan fingerprint density at radius 2 is 1.82 bits per heavy atom. The van der Waals surface area contributed by atoms with Crippen molar-refractivity contribution in [2.75, 3.05) is 20.2 Å². The van der Waals surface area contributed by atoms with Gasteiger partial charge in [-0.2, -0.15) is 0 Å². The monoisotopic (exact) mass is 236 g/mol. The number of ether oxygens (including phenoxy) is 1. The molecule has 0 bridgehead atoms. The van der Waals surface area contributed by atoms with Crippen LogP contribution in [0.25, 0.3) is 0 Å². The fraction of sp³-hybridized carbons (Fsp3) is 0.462. The highest BCUT2D eigenvalue weighted by Gasteiger charge is 1.95. The van der Waals surface area contributed by atoms with Gasteiger partial charge in [-0.1, -0.05) is 24.3 Å². The number of amides is 1. The average molecular weight is 236 g/mol. The highest BCUT2D eigenvalue weighted by atomic mass is 16.5. The maximum Gasteiger partial charge on any atom is 0.216 e. The molecule has 0 aliphatic rings. The van der Waals surface area contributed by atoms with Gasteiger partial charge in [-0.05, 0) is 11.1 Å². The van der Waals surface area contributed by atoms with Crippen LogP contribution in [0, 0.1) is 0 Å². The van der Waals surface area contributed by atoms with Crippen LogP contribution < -0.4 is 10.6 Å². The molecule has 1 aromatic carbocycles. The molecule has 0 saturated carbocycles. The predicted molar refractivity (Wildman–Crippen MR) is 67.5 cm³/mol. The molecule has 0 unspecified atom stereocenters. The van der Waals surface area contributed by atoms with Gasteiger partial charge >= 0.3 is 0 Å². The van der Waals surface area contributed by atoms with Crippen LogP contribution in [0.1, 0.15) is 18.1 Å². The first kappa shape index (κ1) is 13.7. The SMILES string of the molecule is COCc1ccc(CNCCNC(C)=O)cc1. The second kappa shape index (κ2) is 7.81. The number of rotatable bonds is 7. The highest BCUT2D eigenvalue weighted by molar-refractivity contribution is 5.72. The van der Waals surface area contributed by atoms with Crippen LogP contribution in [0.4, 0.5) is 0 Å². The second-order valence-electron chi connectivity index (χ2n) is 3.91. The molecule has 0 spiro atoms. The van der Waals surface area contributed by atoms with E-state index in [1.807, 2.05) is 0 Å². The van der Waals surface area contributed by atoms with Crippen LogP contribution in [0.2, 0.25) is 0 Å². The van der Waals surface area contributed by atoms with Gasteiger partial charge in [-0.15, -0.1) is 0 Å². The average Bonchev–Trinajstić information content (AvgIpc) is 2.31. The molecule has 0 saturated heterocycles. The summed E-state index contributed by atoms with van der Waals surface area (Å²) in [7, 11) is 1.69. The number of benzene rings is 1. The van der Waals surface area contributed by atoms with E-state index in [-0.39, 0.29) is 5.91 Å². The van der Waals surface area contributed by atoms with Gasteiger partial charge in [0.1, 0.15) is 0 Å². The van der Waals surface area contributed by atoms with Crippen molar-refractivity contribution in [3.8, 4) is 0 Å². The summed E-state index contributed by atoms with van der Waals surface area (Å²) in [4.78, 5) is 10.6. The molecule has 0 aliphatic heterocycles. The summed E-state index contributed by atoms with van der Waals surface area (Å²) < 4.78 is 5.05. The zero-order chi connectivity index (χ0) is 12.5. The molecule has 17 heavy (non-hydrogen) atoms. The van der Waals surface area contributed by atoms with Gasteiger partial charge in [-0.3, -0.25) is 4.79 Å². The Morgan fingerprint density at radius 3 is 2.41 bits per heavy atom. The van der Waals surface area contributed by atoms with Gasteiger partial charge < -0.3 is 15.4 Å². The van der Waals surface area contributed by atoms with E-state index in [0.29, 0.717) is 13.2 Å². The molecule has 1 aromatic rings. The quantitative estimate of drug-likeness (QED) is 0.696. The standard InChI is InChI=1S/C13H20N2O2/c1-11(16)15-8-7-14-9-12-3-5-13(6-4-12)10-17-2/h3-6,14H,7-10H2,1-2H3,(H,15,16). The third-order valence-corrected chi connectivity index (χ3v) is 2.34. The Labute approximate surface area is 102 Å². The molecule has 1 amide bonds. The Hall–Kier alpha value is -1.39. The van der Waals surface area contributed by atoms with Gasteiger partial charge in [0, 0.05) is 33.7 Å². The van der Waals surface area contributed by atoms with Crippen LogP contribution in [0.5, 0.6) is 0 Å². The molecule has 1 rings (SSSR count). The first-order chi connectivity index (χ1) is 8.22. The van der Waals surface area contributed by atoms with Crippen LogP contribution in [0.3, 0.4) is 0 Å². The molecular weight excluding hydrogens is 216 g/mol. The highest BCUT2D eigenvalue weighted by Crippen LogP contribution is 2.04. The van der Waals surface area contributed by atoms with Crippen molar-refractivity contribution in [1.29, 1.82) is 0 Å². The van der Waals surface area contributed by atoms with Crippen LogP contribution in [0.15, 0.2) is 24.3 Å². The number of hydrogen-bond donors (Lipinski definition) is 2. The first-order valence-corrected chi connectivity index (χ1v) is 5.74. The van der Waals surface area contributed by atoms with Crippen molar-refractivity contribution in [3.05, 3.63) is 35.4 Å². The predicted octanol–water partition coefficient (Wildman–Crippen LogP) is 1.06. The van der Waals surface area contributed by atoms with E-state index in [2.05, 4.69) is 34.9 Å². The van der Waals surface area contributed by atoms with Crippen molar-refractivity contribution in [1.82, 2.24) is 10.6 Å². The first-order valence-electron chi connectivity index (χ1n) is 5.74. The summed E-state index contributed by atoms with van der Waals surface area (Å²) >= 11 is 0. The van der Waals surface area contributed by atoms with E-state index in [4.69, 9.17) is 4.74 Å². The molecular formula is C13H20N2O2. The number of hydrogen-bond acceptors (Lipinski definition) is 3. The van der Waals surface area contributed by atoms with E-state index in [1.165, 1.54) is 18.1 Å². The minimum Gasteiger partial charge on any atom is -0.380 e. The lowest BCUT2D eigenvalue weighted by molar-refractivity contribution is -0.118. The van der Waals surface area contributed by atoms with E-state index in [1.54, 1.807) is 7.11 Å². The lowest BCUT2D eigenvalue weighted by Crippen LogP contribution is -2.29. The number of carbonyl (C=O) groups excluding carboxylic acids is 1. The molecule has 0 radical (unpaired) electrons. The fourth-order valence-corrected chi connectivity index (χ4v) is 1.48. The summed E-state index contributed by atoms with van der Waals surface area (Å²) in [5.41, 5.74) is 2.40. The van der Waals surface area contributed by atoms with Crippen LogP contribution >= 0.6 is 0 Å². The lowest BCUT2D eigenvalue weighted by Gasteiger charge is -2.06. The Bertz CT molecular complexity index is 336. The minimum absolute atomic E-state index is 0.00992. The van der Waals surface area contributed by atoms with Gasteiger partial charge in [-0.25, -0.2) is 0 Å². The number of methoxy groups -OCH3 is 1. The molecule has 94 valence electrons. The molecule has 2 N–H and O–H groups in total. The zero-order valence-corrected chi connectivity index (χ0v) is 10.5. The molecule has 0 aliphatic carbocycles. The van der Waals surface area contributed by atoms with Gasteiger partial charge in [0.25, 0.3) is 0 Å². The maximum absolute atomic E-state index is 10.6. The third-order valence-electron chi connectivity index (χ3n) is 2.34. The maximum atomic E-state index is 10.6. The second-order valence-corrected chi connectivity index (χ2v) is 3.91. The Kier molecular flexibility index (Phi) is 6.29. The largest absolute Gasteiger partial charge is 0.380 e. The van der Waals surface area contributed by atoms with Gasteiger partial charge in [0.15, 0.2) is 0 Å². The molecule has 0 fully saturated rings. The number of carbonyl (C=O) groups is 1. The summed E-state index contributed by atoms with van der Waals surface area (Å²) in [5, 5.41) is 6.00. The van der Waals surface area contributed by atoms with Crippen molar-refractivity contribution in [2.24, 2.45) is 0 Å². The summed E-state index contributed by atoms with van der Waals surface area (Å²) in [6.07, 6.45) is 0. The van der Waals surface area contributed by atoms with E-state index in [9.17, 15) is 4.79 Å². The van der Waals surface area contributed by atoms with Crippen molar-refractivity contribution in [2.45, 2.75) is 20.1 Å². The van der Waals surface area contributed by atoms with Gasteiger partial charge in [0.05, 0.1) is 6.61 Å². The molecule has 0 aromatic heterocycles. The van der Waals surface area contributed by atoms with Crippen molar-refractivity contribution >= 4 is 5.91 Å². The van der Waals surface area contributed by atoms with Gasteiger partial charge in [0.2, 0.25) is 5.91 Å². The summed E-state index contributed by atoms with van der Waals surface area (Å²) in [5.74, 6) is 0.00992. The summed E-state index contributed by atoms with van der Waals surface area (Å²) in [6, 6.07) is 8.29. The third kappa shape index (κ3) is 6.04. The molecule has 0 atom stereocenters. The zero-order valence-electron chi connectivity index (χ0n) is 10.5. The smallest absolute Gasteiger partial charge is 0.216 e. The molecule has 0 heterocycles. The Morgan fingerprint density at radius 1 is 1.18 bits per heavy atom. The number of nitrogens with one attached hydrogen (secondary N) is 2. The lowest BCUT2D eigenvalue weighted by atomic mass is 10.1. The summed E-state index contributed by atoms with van der Waals surface area (Å²) in [6.45, 7) is 4.42. The minimum atomic E-state index is 0.00992. The van der Waals surface area contributed by atoms with Crippen molar-refractivity contribution < 1.29 is 9.53 Å². The molecule has 4 heteroatoms. The van der Waals surface area contributed by atoms with Crippen LogP contribution in [-0.2, 0) is 22.7 Å². The molecule has 4 nitrogen and oxygen atoms in total. The van der Waals surface area contributed by atoms with E-state index < -0.39 is 0 Å². The normalized spacial score (nSPS) is 10.2. The van der Waals surface area contributed by atoms with Crippen LogP contribution in [-0.4, -0.2) is 26.1 Å². The van der Waals surface area contributed by atoms with E-state index >= 15 is 0 Å². The van der Waals surface area contributed by atoms with Crippen molar-refractivity contribution in [3.63, 3.8) is 0 Å². The Balaban J connectivity index is 2.20. The topological polar surface area (TPSA) is 50.4 Å². The fourth-order valence-electron chi connectivity index (χ4n) is 1.48.